The van der Waals surface area contributed by atoms with E-state index in [0.29, 0.717) is 10.0 Å². The number of hydrogen-bond donors (Lipinski definition) is 2. The van der Waals surface area contributed by atoms with Crippen molar-refractivity contribution in [3.8, 4) is 5.75 Å². The van der Waals surface area contributed by atoms with Crippen LogP contribution in [0.15, 0.2) is 29.3 Å². The topological polar surface area (TPSA) is 35.5 Å². The number of halogens is 4. The van der Waals surface area contributed by atoms with Crippen molar-refractivity contribution < 1.29 is 9.50 Å². The molecule has 0 radical (unpaired) electrons. The van der Waals surface area contributed by atoms with Crippen molar-refractivity contribution in [1.29, 1.82) is 0 Å². The van der Waals surface area contributed by atoms with E-state index in [0.717, 1.165) is 39.0 Å². The molecule has 1 heterocycles. The molecule has 1 atom stereocenters. The minimum atomic E-state index is -0.349. The fraction of sp³-hybridized carbons (Fsp3) is 0.467. The van der Waals surface area contributed by atoms with Crippen molar-refractivity contribution in [2.45, 2.75) is 18.9 Å². The Morgan fingerprint density at radius 2 is 2.00 bits per heavy atom. The monoisotopic (exact) mass is 414 g/mol. The van der Waals surface area contributed by atoms with Crippen LogP contribution in [0.3, 0.4) is 0 Å². The summed E-state index contributed by atoms with van der Waals surface area (Å²) < 4.78 is 14.7. The summed E-state index contributed by atoms with van der Waals surface area (Å²) in [5.74, 6) is -0.337. The van der Waals surface area contributed by atoms with Crippen LogP contribution in [0.4, 0.5) is 4.39 Å². The van der Waals surface area contributed by atoms with Crippen LogP contribution in [0.5, 0.6) is 5.75 Å². The Hall–Kier alpha value is -0.330. The Balaban J connectivity index is 0.00000220. The molecule has 0 aromatic heterocycles. The highest BCUT2D eigenvalue weighted by Crippen LogP contribution is 2.38. The number of benzene rings is 1. The van der Waals surface area contributed by atoms with Gasteiger partial charge in [-0.2, -0.15) is 0 Å². The number of allylic oxidation sites excluding steroid dienone is 1. The molecule has 2 N–H and O–H groups in total. The van der Waals surface area contributed by atoms with E-state index in [1.165, 1.54) is 12.1 Å². The maximum Gasteiger partial charge on any atom is 0.137 e. The summed E-state index contributed by atoms with van der Waals surface area (Å²) in [6, 6.07) is 2.83. The first kappa shape index (κ1) is 21.7. The normalized spacial score (nSPS) is 16.3. The molecule has 0 amide bonds. The number of phenols is 1. The minimum Gasteiger partial charge on any atom is -0.506 e. The van der Waals surface area contributed by atoms with Crippen molar-refractivity contribution in [2.24, 2.45) is 0 Å². The molecule has 0 aliphatic carbocycles. The summed E-state index contributed by atoms with van der Waals surface area (Å²) in [5, 5.41) is 13.5. The van der Waals surface area contributed by atoms with Crippen molar-refractivity contribution in [3.63, 3.8) is 0 Å². The molecule has 22 heavy (non-hydrogen) atoms. The maximum atomic E-state index is 14.2. The van der Waals surface area contributed by atoms with E-state index in [9.17, 15) is 9.50 Å². The molecule has 0 bridgehead atoms. The van der Waals surface area contributed by atoms with Crippen LogP contribution in [-0.4, -0.2) is 36.2 Å². The van der Waals surface area contributed by atoms with E-state index >= 15 is 0 Å². The second kappa shape index (κ2) is 10.4. The van der Waals surface area contributed by atoms with Crippen molar-refractivity contribution in [3.05, 3.63) is 40.6 Å². The van der Waals surface area contributed by atoms with Crippen LogP contribution in [-0.2, 0) is 0 Å². The molecule has 1 fully saturated rings. The van der Waals surface area contributed by atoms with E-state index in [2.05, 4.69) is 32.7 Å². The third-order valence-corrected chi connectivity index (χ3v) is 4.32. The second-order valence-corrected chi connectivity index (χ2v) is 5.81. The molecule has 2 rings (SSSR count). The van der Waals surface area contributed by atoms with Crippen molar-refractivity contribution in [2.75, 3.05) is 26.2 Å². The van der Waals surface area contributed by atoms with Crippen LogP contribution in [0, 0.1) is 5.82 Å². The molecular formula is C15H22BrCl2FN2O. The van der Waals surface area contributed by atoms with E-state index in [4.69, 9.17) is 0 Å². The van der Waals surface area contributed by atoms with Crippen LogP contribution in [0.2, 0.25) is 0 Å². The molecule has 3 nitrogen and oxygen atoms in total. The van der Waals surface area contributed by atoms with Gasteiger partial charge < -0.3 is 10.4 Å². The number of rotatable bonds is 5. The molecule has 0 saturated carbocycles. The van der Waals surface area contributed by atoms with Crippen LogP contribution >= 0.6 is 40.7 Å². The average molecular weight is 416 g/mol. The third-order valence-electron chi connectivity index (χ3n) is 3.68. The smallest absolute Gasteiger partial charge is 0.137 e. The molecule has 1 saturated heterocycles. The van der Waals surface area contributed by atoms with Crippen LogP contribution in [0.25, 0.3) is 0 Å². The van der Waals surface area contributed by atoms with Gasteiger partial charge in [-0.05, 0) is 40.9 Å². The molecule has 1 aromatic rings. The first-order valence-electron chi connectivity index (χ1n) is 6.87. The lowest BCUT2D eigenvalue weighted by Gasteiger charge is -2.35. The predicted molar refractivity (Wildman–Crippen MR) is 96.9 cm³/mol. The standard InChI is InChI=1S/C15H20BrFN2O.2ClH/c1-2-3-4-13(19-9-7-18-8-10-19)14-12(17)6-5-11(16)15(14)20;;/h2,5-6,13,18,20H,1,3-4,7-10H2;2*1H/t13-;;/m1../s1. The first-order valence-corrected chi connectivity index (χ1v) is 7.67. The fourth-order valence-corrected chi connectivity index (χ4v) is 3.00. The van der Waals surface area contributed by atoms with E-state index < -0.39 is 0 Å². The molecule has 0 spiro atoms. The Morgan fingerprint density at radius 3 is 2.59 bits per heavy atom. The van der Waals surface area contributed by atoms with Gasteiger partial charge in [0.1, 0.15) is 11.6 Å². The molecule has 1 aromatic carbocycles. The minimum absolute atomic E-state index is 0. The zero-order valence-electron chi connectivity index (χ0n) is 12.2. The fourth-order valence-electron chi connectivity index (χ4n) is 2.65. The van der Waals surface area contributed by atoms with Gasteiger partial charge in [-0.1, -0.05) is 6.08 Å². The summed E-state index contributed by atoms with van der Waals surface area (Å²) in [6.07, 6.45) is 3.38. The van der Waals surface area contributed by atoms with Gasteiger partial charge in [0.2, 0.25) is 0 Å². The molecule has 7 heteroatoms. The van der Waals surface area contributed by atoms with Gasteiger partial charge >= 0.3 is 0 Å². The quantitative estimate of drug-likeness (QED) is 0.712. The molecule has 126 valence electrons. The number of phenolic OH excluding ortho intramolecular Hbond substituents is 1. The lowest BCUT2D eigenvalue weighted by molar-refractivity contribution is 0.160. The zero-order valence-corrected chi connectivity index (χ0v) is 15.4. The Bertz CT molecular complexity index is 485. The van der Waals surface area contributed by atoms with E-state index in [1.54, 1.807) is 0 Å². The SMILES string of the molecule is C=CCC[C@H](c1c(F)ccc(Br)c1O)N1CCNCC1.Cl.Cl. The summed E-state index contributed by atoms with van der Waals surface area (Å²) in [7, 11) is 0. The highest BCUT2D eigenvalue weighted by atomic mass is 79.9. The molecular weight excluding hydrogens is 394 g/mol. The maximum absolute atomic E-state index is 14.2. The molecule has 1 aliphatic rings. The number of hydrogen-bond acceptors (Lipinski definition) is 3. The number of nitrogens with one attached hydrogen (secondary N) is 1. The molecule has 0 unspecified atom stereocenters. The molecule has 1 aliphatic heterocycles. The average Bonchev–Trinajstić information content (AvgIpc) is 2.47. The van der Waals surface area contributed by atoms with Gasteiger partial charge in [-0.25, -0.2) is 4.39 Å². The van der Waals surface area contributed by atoms with Gasteiger partial charge in [0.25, 0.3) is 0 Å². The van der Waals surface area contributed by atoms with Crippen molar-refractivity contribution in [1.82, 2.24) is 10.2 Å². The van der Waals surface area contributed by atoms with E-state index in [1.807, 2.05) is 6.08 Å². The summed E-state index contributed by atoms with van der Waals surface area (Å²) in [4.78, 5) is 2.23. The Labute approximate surface area is 151 Å². The summed E-state index contributed by atoms with van der Waals surface area (Å²) >= 11 is 3.27. The highest BCUT2D eigenvalue weighted by molar-refractivity contribution is 9.10. The van der Waals surface area contributed by atoms with Gasteiger partial charge in [-0.15, -0.1) is 31.4 Å². The zero-order chi connectivity index (χ0) is 14.5. The number of nitrogens with zero attached hydrogens (tertiary/aromatic N) is 1. The van der Waals surface area contributed by atoms with Crippen LogP contribution < -0.4 is 5.32 Å². The van der Waals surface area contributed by atoms with Crippen molar-refractivity contribution >= 4 is 40.7 Å². The number of piperazine rings is 1. The summed E-state index contributed by atoms with van der Waals surface area (Å²) in [6.45, 7) is 7.23. The van der Waals surface area contributed by atoms with Gasteiger partial charge in [0.15, 0.2) is 0 Å². The third kappa shape index (κ3) is 5.10. The summed E-state index contributed by atoms with van der Waals surface area (Å²) in [5.41, 5.74) is 0.392. The van der Waals surface area contributed by atoms with Gasteiger partial charge in [0.05, 0.1) is 4.47 Å². The van der Waals surface area contributed by atoms with E-state index in [-0.39, 0.29) is 42.4 Å². The second-order valence-electron chi connectivity index (χ2n) is 4.96. The first-order chi connectivity index (χ1) is 9.65. The Morgan fingerprint density at radius 1 is 1.36 bits per heavy atom. The lowest BCUT2D eigenvalue weighted by atomic mass is 9.98. The van der Waals surface area contributed by atoms with Gasteiger partial charge in [0, 0.05) is 37.8 Å². The lowest BCUT2D eigenvalue weighted by Crippen LogP contribution is -2.45. The highest BCUT2D eigenvalue weighted by Gasteiger charge is 2.27. The van der Waals surface area contributed by atoms with Crippen LogP contribution in [0.1, 0.15) is 24.4 Å². The number of aromatic hydroxyl groups is 1. The van der Waals surface area contributed by atoms with Gasteiger partial charge in [-0.3, -0.25) is 4.90 Å². The largest absolute Gasteiger partial charge is 0.506 e. The Kier molecular flexibility index (Phi) is 10.3. The predicted octanol–water partition coefficient (Wildman–Crippen LogP) is 4.05.